The summed E-state index contributed by atoms with van der Waals surface area (Å²) in [4.78, 5) is 0. The highest BCUT2D eigenvalue weighted by Crippen LogP contribution is 2.41. The van der Waals surface area contributed by atoms with Crippen molar-refractivity contribution in [2.24, 2.45) is 0 Å². The smallest absolute Gasteiger partial charge is 0.171 e. The van der Waals surface area contributed by atoms with Crippen LogP contribution in [0.25, 0.3) is 10.6 Å². The summed E-state index contributed by atoms with van der Waals surface area (Å²) in [5, 5.41) is 9.73. The number of hydrogen-bond acceptors (Lipinski definition) is 5. The number of rotatable bonds is 2. The van der Waals surface area contributed by atoms with Crippen molar-refractivity contribution in [2.45, 2.75) is 12.3 Å². The molecule has 0 saturated heterocycles. The highest BCUT2D eigenvalue weighted by atomic mass is 35.5. The molecule has 0 fully saturated rings. The summed E-state index contributed by atoms with van der Waals surface area (Å²) < 4.78 is 11.2. The molecular weight excluding hydrogens is 272 g/mol. The van der Waals surface area contributed by atoms with Crippen molar-refractivity contribution in [3.05, 3.63) is 23.2 Å². The number of benzene rings is 1. The Kier molecular flexibility index (Phi) is 3.09. The van der Waals surface area contributed by atoms with Crippen LogP contribution < -0.4 is 9.47 Å². The van der Waals surface area contributed by atoms with Crippen LogP contribution in [0.15, 0.2) is 18.2 Å². The third kappa shape index (κ3) is 2.04. The average Bonchev–Trinajstić information content (AvgIpc) is 2.87. The fourth-order valence-electron chi connectivity index (χ4n) is 1.75. The first-order chi connectivity index (χ1) is 8.75. The van der Waals surface area contributed by atoms with E-state index in [-0.39, 0.29) is 5.38 Å². The summed E-state index contributed by atoms with van der Waals surface area (Å²) in [6.07, 6.45) is 0. The number of halogens is 1. The molecule has 0 bridgehead atoms. The lowest BCUT2D eigenvalue weighted by molar-refractivity contribution is 0.172. The van der Waals surface area contributed by atoms with Crippen LogP contribution in [0, 0.1) is 0 Å². The van der Waals surface area contributed by atoms with E-state index >= 15 is 0 Å². The number of ether oxygens (including phenoxy) is 2. The molecule has 1 aliphatic rings. The molecule has 94 valence electrons. The van der Waals surface area contributed by atoms with Crippen LogP contribution in [0.2, 0.25) is 0 Å². The van der Waals surface area contributed by atoms with Gasteiger partial charge in [-0.2, -0.15) is 0 Å². The molecule has 2 heterocycles. The van der Waals surface area contributed by atoms with Crippen LogP contribution in [-0.2, 0) is 0 Å². The van der Waals surface area contributed by atoms with E-state index in [0.29, 0.717) is 13.2 Å². The Labute approximate surface area is 114 Å². The summed E-state index contributed by atoms with van der Waals surface area (Å²) in [5.74, 6) is 1.50. The zero-order chi connectivity index (χ0) is 12.5. The second-order valence-electron chi connectivity index (χ2n) is 3.89. The molecule has 18 heavy (non-hydrogen) atoms. The normalized spacial score (nSPS) is 15.4. The lowest BCUT2D eigenvalue weighted by Gasteiger charge is -2.19. The van der Waals surface area contributed by atoms with Gasteiger partial charge in [0.25, 0.3) is 0 Å². The molecule has 0 amide bonds. The van der Waals surface area contributed by atoms with E-state index in [1.165, 1.54) is 11.3 Å². The molecule has 0 N–H and O–H groups in total. The maximum absolute atomic E-state index is 6.00. The number of para-hydroxylation sites is 1. The molecule has 1 unspecified atom stereocenters. The molecule has 1 aromatic carbocycles. The number of nitrogens with zero attached hydrogens (tertiary/aromatic N) is 2. The van der Waals surface area contributed by atoms with Crippen LogP contribution in [0.5, 0.6) is 11.5 Å². The Balaban J connectivity index is 2.05. The maximum Gasteiger partial charge on any atom is 0.171 e. The van der Waals surface area contributed by atoms with Gasteiger partial charge in [-0.15, -0.1) is 21.8 Å². The van der Waals surface area contributed by atoms with Crippen LogP contribution >= 0.6 is 22.9 Å². The molecule has 1 aliphatic heterocycles. The van der Waals surface area contributed by atoms with Crippen molar-refractivity contribution in [1.82, 2.24) is 10.2 Å². The Morgan fingerprint density at radius 1 is 1.28 bits per heavy atom. The molecule has 1 aromatic heterocycles. The summed E-state index contributed by atoms with van der Waals surface area (Å²) in [5.41, 5.74) is 0.910. The van der Waals surface area contributed by atoms with Gasteiger partial charge in [0.05, 0.1) is 10.9 Å². The Hall–Kier alpha value is -1.33. The molecule has 0 radical (unpaired) electrons. The molecule has 1 atom stereocenters. The van der Waals surface area contributed by atoms with E-state index in [1.807, 2.05) is 25.1 Å². The van der Waals surface area contributed by atoms with Crippen molar-refractivity contribution < 1.29 is 9.47 Å². The van der Waals surface area contributed by atoms with Gasteiger partial charge in [-0.25, -0.2) is 0 Å². The van der Waals surface area contributed by atoms with Crippen molar-refractivity contribution in [2.75, 3.05) is 13.2 Å². The van der Waals surface area contributed by atoms with Crippen LogP contribution in [-0.4, -0.2) is 23.4 Å². The van der Waals surface area contributed by atoms with Gasteiger partial charge in [-0.1, -0.05) is 17.4 Å². The molecule has 4 nitrogen and oxygen atoms in total. The zero-order valence-corrected chi connectivity index (χ0v) is 11.3. The van der Waals surface area contributed by atoms with E-state index < -0.39 is 0 Å². The number of fused-ring (bicyclic) bond motifs is 1. The first-order valence-electron chi connectivity index (χ1n) is 5.62. The molecule has 3 rings (SSSR count). The van der Waals surface area contributed by atoms with Crippen molar-refractivity contribution in [3.63, 3.8) is 0 Å². The highest BCUT2D eigenvalue weighted by molar-refractivity contribution is 7.15. The Morgan fingerprint density at radius 3 is 2.89 bits per heavy atom. The lowest BCUT2D eigenvalue weighted by atomic mass is 10.2. The summed E-state index contributed by atoms with van der Waals surface area (Å²) in [7, 11) is 0. The minimum Gasteiger partial charge on any atom is -0.486 e. The van der Waals surface area contributed by atoms with E-state index in [2.05, 4.69) is 10.2 Å². The Bertz CT molecular complexity index is 571. The van der Waals surface area contributed by atoms with Gasteiger partial charge in [-0.05, 0) is 19.1 Å². The zero-order valence-electron chi connectivity index (χ0n) is 9.72. The molecular formula is C12H11ClN2O2S. The van der Waals surface area contributed by atoms with Gasteiger partial charge in [0, 0.05) is 0 Å². The minimum atomic E-state index is -0.132. The average molecular weight is 283 g/mol. The predicted molar refractivity (Wildman–Crippen MR) is 70.6 cm³/mol. The summed E-state index contributed by atoms with van der Waals surface area (Å²) >= 11 is 7.48. The number of aromatic nitrogens is 2. The van der Waals surface area contributed by atoms with Gasteiger partial charge in [0.1, 0.15) is 18.2 Å². The van der Waals surface area contributed by atoms with E-state index in [0.717, 1.165) is 27.1 Å². The maximum atomic E-state index is 6.00. The third-order valence-corrected chi connectivity index (χ3v) is 4.05. The molecule has 0 saturated carbocycles. The standard InChI is InChI=1S/C12H11ClN2O2S/c1-7(13)11-14-15-12(18-11)8-3-2-4-9-10(8)17-6-5-16-9/h2-4,7H,5-6H2,1H3. The predicted octanol–water partition coefficient (Wildman–Crippen LogP) is 3.28. The third-order valence-electron chi connectivity index (χ3n) is 2.58. The van der Waals surface area contributed by atoms with Crippen LogP contribution in [0.3, 0.4) is 0 Å². The molecule has 0 aliphatic carbocycles. The molecule has 6 heteroatoms. The van der Waals surface area contributed by atoms with Gasteiger partial charge in [-0.3, -0.25) is 0 Å². The van der Waals surface area contributed by atoms with Crippen LogP contribution in [0.4, 0.5) is 0 Å². The second-order valence-corrected chi connectivity index (χ2v) is 5.55. The van der Waals surface area contributed by atoms with E-state index in [1.54, 1.807) is 0 Å². The quantitative estimate of drug-likeness (QED) is 0.793. The van der Waals surface area contributed by atoms with Gasteiger partial charge >= 0.3 is 0 Å². The molecule has 2 aromatic rings. The topological polar surface area (TPSA) is 44.2 Å². The fourth-order valence-corrected chi connectivity index (χ4v) is 2.72. The van der Waals surface area contributed by atoms with E-state index in [9.17, 15) is 0 Å². The van der Waals surface area contributed by atoms with Gasteiger partial charge < -0.3 is 9.47 Å². The highest BCUT2D eigenvalue weighted by Gasteiger charge is 2.20. The van der Waals surface area contributed by atoms with Gasteiger partial charge in [0.15, 0.2) is 16.5 Å². The van der Waals surface area contributed by atoms with Gasteiger partial charge in [0.2, 0.25) is 0 Å². The van der Waals surface area contributed by atoms with Crippen LogP contribution in [0.1, 0.15) is 17.3 Å². The largest absolute Gasteiger partial charge is 0.486 e. The first kappa shape index (κ1) is 11.7. The number of hydrogen-bond donors (Lipinski definition) is 0. The summed E-state index contributed by atoms with van der Waals surface area (Å²) in [6, 6.07) is 5.77. The van der Waals surface area contributed by atoms with Crippen molar-refractivity contribution in [3.8, 4) is 22.1 Å². The monoisotopic (exact) mass is 282 g/mol. The van der Waals surface area contributed by atoms with Crippen molar-refractivity contribution in [1.29, 1.82) is 0 Å². The SMILES string of the molecule is CC(Cl)c1nnc(-c2cccc3c2OCCO3)s1. The van der Waals surface area contributed by atoms with E-state index in [4.69, 9.17) is 21.1 Å². The Morgan fingerprint density at radius 2 is 2.11 bits per heavy atom. The molecule has 0 spiro atoms. The summed E-state index contributed by atoms with van der Waals surface area (Å²) in [6.45, 7) is 3.02. The lowest BCUT2D eigenvalue weighted by Crippen LogP contribution is -2.15. The van der Waals surface area contributed by atoms with Crippen molar-refractivity contribution >= 4 is 22.9 Å². The first-order valence-corrected chi connectivity index (χ1v) is 6.87. The fraction of sp³-hybridized carbons (Fsp3) is 0.333. The second kappa shape index (κ2) is 4.74. The number of alkyl halides is 1. The minimum absolute atomic E-state index is 0.132.